The zero-order valence-electron chi connectivity index (χ0n) is 27.1. The maximum Gasteiger partial charge on any atom is 0.573 e. The molecule has 6 nitrogen and oxygen atoms in total. The Labute approximate surface area is 270 Å². The van der Waals surface area contributed by atoms with E-state index in [0.29, 0.717) is 23.7 Å². The molecule has 1 fully saturated rings. The SMILES string of the molecule is CCCCCc1ccc(C(=O)N(Cc2ccc(NC(=O)c3cccc(OC(F)(F)F)c3)cc2)C2CCN(CCC(C)C)CC2)cc1. The van der Waals surface area contributed by atoms with Crippen LogP contribution in [0.4, 0.5) is 18.9 Å². The lowest BCUT2D eigenvalue weighted by molar-refractivity contribution is -0.274. The molecule has 0 spiro atoms. The summed E-state index contributed by atoms with van der Waals surface area (Å²) in [6.07, 6.45) is 2.64. The zero-order valence-corrected chi connectivity index (χ0v) is 27.1. The number of ether oxygens (including phenoxy) is 1. The monoisotopic (exact) mass is 637 g/mol. The van der Waals surface area contributed by atoms with Gasteiger partial charge >= 0.3 is 6.36 Å². The molecule has 9 heteroatoms. The van der Waals surface area contributed by atoms with Crippen LogP contribution in [0.25, 0.3) is 0 Å². The number of hydrogen-bond donors (Lipinski definition) is 1. The number of aryl methyl sites for hydroxylation is 1. The summed E-state index contributed by atoms with van der Waals surface area (Å²) in [6, 6.07) is 20.3. The Bertz CT molecular complexity index is 1400. The van der Waals surface area contributed by atoms with Crippen molar-refractivity contribution >= 4 is 17.5 Å². The van der Waals surface area contributed by atoms with Crippen molar-refractivity contribution in [3.8, 4) is 5.75 Å². The first-order valence-corrected chi connectivity index (χ1v) is 16.4. The fourth-order valence-corrected chi connectivity index (χ4v) is 5.75. The molecule has 46 heavy (non-hydrogen) atoms. The Balaban J connectivity index is 1.45. The lowest BCUT2D eigenvalue weighted by atomic mass is 9.99. The van der Waals surface area contributed by atoms with Gasteiger partial charge in [-0.3, -0.25) is 9.59 Å². The summed E-state index contributed by atoms with van der Waals surface area (Å²) >= 11 is 0. The number of anilines is 1. The van der Waals surface area contributed by atoms with E-state index in [1.807, 2.05) is 29.2 Å². The van der Waals surface area contributed by atoms with Crippen LogP contribution in [0.3, 0.4) is 0 Å². The first kappa shape index (κ1) is 35.0. The zero-order chi connectivity index (χ0) is 33.1. The highest BCUT2D eigenvalue weighted by Crippen LogP contribution is 2.25. The number of rotatable bonds is 14. The average Bonchev–Trinajstić information content (AvgIpc) is 3.03. The first-order chi connectivity index (χ1) is 22.0. The predicted molar refractivity (Wildman–Crippen MR) is 176 cm³/mol. The van der Waals surface area contributed by atoms with Gasteiger partial charge in [-0.25, -0.2) is 0 Å². The lowest BCUT2D eigenvalue weighted by Crippen LogP contribution is -2.47. The molecule has 1 N–H and O–H groups in total. The molecule has 0 bridgehead atoms. The maximum absolute atomic E-state index is 14.0. The van der Waals surface area contributed by atoms with Crippen LogP contribution in [-0.2, 0) is 13.0 Å². The molecule has 3 aromatic rings. The molecule has 1 aliphatic rings. The smallest absolute Gasteiger partial charge is 0.406 e. The van der Waals surface area contributed by atoms with Crippen LogP contribution < -0.4 is 10.1 Å². The largest absolute Gasteiger partial charge is 0.573 e. The van der Waals surface area contributed by atoms with Crippen LogP contribution >= 0.6 is 0 Å². The Morgan fingerprint density at radius 1 is 0.935 bits per heavy atom. The number of piperidine rings is 1. The van der Waals surface area contributed by atoms with Gasteiger partial charge in [-0.1, -0.05) is 63.9 Å². The molecule has 248 valence electrons. The summed E-state index contributed by atoms with van der Waals surface area (Å²) in [7, 11) is 0. The van der Waals surface area contributed by atoms with E-state index >= 15 is 0 Å². The Morgan fingerprint density at radius 2 is 1.61 bits per heavy atom. The maximum atomic E-state index is 14.0. The molecule has 0 radical (unpaired) electrons. The fourth-order valence-electron chi connectivity index (χ4n) is 5.75. The molecule has 0 aliphatic carbocycles. The van der Waals surface area contributed by atoms with Gasteiger partial charge < -0.3 is 19.9 Å². The number of nitrogens with zero attached hydrogens (tertiary/aromatic N) is 2. The summed E-state index contributed by atoms with van der Waals surface area (Å²) in [5, 5.41) is 2.73. The fraction of sp³-hybridized carbons (Fsp3) is 0.459. The standard InChI is InChI=1S/C37H46F3N3O3/c1-4-5-6-8-28-11-15-30(16-12-28)36(45)43(33-20-23-42(24-21-33)22-19-27(2)3)26-29-13-17-32(18-14-29)41-35(44)31-9-7-10-34(25-31)46-37(38,39)40/h7,9-18,25,27,33H,4-6,8,19-24,26H2,1-3H3,(H,41,44). The average molecular weight is 638 g/mol. The van der Waals surface area contributed by atoms with E-state index in [-0.39, 0.29) is 17.5 Å². The van der Waals surface area contributed by atoms with Crippen molar-refractivity contribution in [1.82, 2.24) is 9.80 Å². The van der Waals surface area contributed by atoms with E-state index in [4.69, 9.17) is 0 Å². The number of benzene rings is 3. The number of carbonyl (C=O) groups excluding carboxylic acids is 2. The highest BCUT2D eigenvalue weighted by Gasteiger charge is 2.31. The summed E-state index contributed by atoms with van der Waals surface area (Å²) in [6.45, 7) is 10.1. The lowest BCUT2D eigenvalue weighted by Gasteiger charge is -2.39. The minimum atomic E-state index is -4.84. The van der Waals surface area contributed by atoms with Gasteiger partial charge in [0.15, 0.2) is 0 Å². The number of likely N-dealkylation sites (tertiary alicyclic amines) is 1. The van der Waals surface area contributed by atoms with Gasteiger partial charge in [-0.15, -0.1) is 13.2 Å². The molecule has 1 heterocycles. The molecule has 1 saturated heterocycles. The van der Waals surface area contributed by atoms with Crippen molar-refractivity contribution in [1.29, 1.82) is 0 Å². The van der Waals surface area contributed by atoms with Gasteiger partial charge in [0.1, 0.15) is 5.75 Å². The molecular weight excluding hydrogens is 591 g/mol. The van der Waals surface area contributed by atoms with E-state index in [0.717, 1.165) is 69.4 Å². The number of amides is 2. The third-order valence-corrected chi connectivity index (χ3v) is 8.45. The minimum absolute atomic E-state index is 0.0130. The highest BCUT2D eigenvalue weighted by atomic mass is 19.4. The topological polar surface area (TPSA) is 61.9 Å². The Morgan fingerprint density at radius 3 is 2.24 bits per heavy atom. The van der Waals surface area contributed by atoms with Crippen LogP contribution in [0, 0.1) is 5.92 Å². The number of hydrogen-bond acceptors (Lipinski definition) is 4. The second kappa shape index (κ2) is 16.6. The van der Waals surface area contributed by atoms with Gasteiger partial charge in [0.25, 0.3) is 11.8 Å². The number of nitrogens with one attached hydrogen (secondary N) is 1. The van der Waals surface area contributed by atoms with Crippen LogP contribution in [0.5, 0.6) is 5.75 Å². The quantitative estimate of drug-likeness (QED) is 0.180. The normalized spacial score (nSPS) is 14.3. The Hall–Kier alpha value is -3.85. The molecular formula is C37H46F3N3O3. The molecule has 0 atom stereocenters. The summed E-state index contributed by atoms with van der Waals surface area (Å²) in [4.78, 5) is 31.2. The van der Waals surface area contributed by atoms with Crippen molar-refractivity contribution in [2.24, 2.45) is 5.92 Å². The third-order valence-electron chi connectivity index (χ3n) is 8.45. The van der Waals surface area contributed by atoms with E-state index in [1.54, 1.807) is 12.1 Å². The third kappa shape index (κ3) is 10.9. The van der Waals surface area contributed by atoms with Gasteiger partial charge in [-0.05, 0) is 98.2 Å². The molecule has 4 rings (SSSR count). The summed E-state index contributed by atoms with van der Waals surface area (Å²) in [5.41, 5.74) is 3.38. The van der Waals surface area contributed by atoms with Crippen LogP contribution in [-0.4, -0.2) is 53.7 Å². The van der Waals surface area contributed by atoms with Crippen LogP contribution in [0.1, 0.15) is 91.1 Å². The van der Waals surface area contributed by atoms with Gasteiger partial charge in [0.2, 0.25) is 0 Å². The number of carbonyl (C=O) groups is 2. The Kier molecular flexibility index (Phi) is 12.7. The molecule has 0 aromatic heterocycles. The molecule has 2 amide bonds. The van der Waals surface area contributed by atoms with Crippen molar-refractivity contribution < 1.29 is 27.5 Å². The van der Waals surface area contributed by atoms with E-state index in [2.05, 4.69) is 47.9 Å². The van der Waals surface area contributed by atoms with E-state index < -0.39 is 18.0 Å². The second-order valence-electron chi connectivity index (χ2n) is 12.6. The number of unbranched alkanes of at least 4 members (excludes halogenated alkanes) is 2. The van der Waals surface area contributed by atoms with Gasteiger partial charge in [-0.2, -0.15) is 0 Å². The first-order valence-electron chi connectivity index (χ1n) is 16.4. The molecule has 0 unspecified atom stereocenters. The summed E-state index contributed by atoms with van der Waals surface area (Å²) < 4.78 is 41.8. The molecule has 0 saturated carbocycles. The molecule has 1 aliphatic heterocycles. The van der Waals surface area contributed by atoms with Crippen molar-refractivity contribution in [2.75, 3.05) is 25.0 Å². The highest BCUT2D eigenvalue weighted by molar-refractivity contribution is 6.04. The minimum Gasteiger partial charge on any atom is -0.406 e. The van der Waals surface area contributed by atoms with Gasteiger partial charge in [0.05, 0.1) is 0 Å². The van der Waals surface area contributed by atoms with Crippen molar-refractivity contribution in [2.45, 2.75) is 84.7 Å². The number of alkyl halides is 3. The van der Waals surface area contributed by atoms with E-state index in [1.165, 1.54) is 30.5 Å². The van der Waals surface area contributed by atoms with Gasteiger partial charge in [0, 0.05) is 42.5 Å². The predicted octanol–water partition coefficient (Wildman–Crippen LogP) is 8.72. The number of halogens is 3. The van der Waals surface area contributed by atoms with Crippen LogP contribution in [0.2, 0.25) is 0 Å². The molecule has 3 aromatic carbocycles. The van der Waals surface area contributed by atoms with Crippen molar-refractivity contribution in [3.05, 3.63) is 95.1 Å². The van der Waals surface area contributed by atoms with E-state index in [9.17, 15) is 22.8 Å². The van der Waals surface area contributed by atoms with Crippen LogP contribution in [0.15, 0.2) is 72.8 Å². The summed E-state index contributed by atoms with van der Waals surface area (Å²) in [5.74, 6) is -0.349. The van der Waals surface area contributed by atoms with Crippen molar-refractivity contribution in [3.63, 3.8) is 0 Å². The second-order valence-corrected chi connectivity index (χ2v) is 12.6.